The SMILES string of the molecule is c1ccc(Nc2ccc(-c3cc4ccc5cc(-c6ccccc6)c6oc(-c7ccc(N(c8ccccc8)c8ccccc8)cc7)cc6c5c4o3)cc2)cc1. The molecule has 0 aliphatic rings. The molecule has 256 valence electrons. The molecular weight excluding hydrogens is 661 g/mol. The zero-order valence-corrected chi connectivity index (χ0v) is 29.3. The van der Waals surface area contributed by atoms with Gasteiger partial charge in [0.15, 0.2) is 0 Å². The molecule has 8 aromatic carbocycles. The highest BCUT2D eigenvalue weighted by atomic mass is 16.3. The first-order valence-corrected chi connectivity index (χ1v) is 18.2. The number of hydrogen-bond acceptors (Lipinski definition) is 4. The fraction of sp³-hybridized carbons (Fsp3) is 0. The monoisotopic (exact) mass is 694 g/mol. The molecule has 0 fully saturated rings. The van der Waals surface area contributed by atoms with E-state index in [-0.39, 0.29) is 0 Å². The van der Waals surface area contributed by atoms with Gasteiger partial charge in [-0.3, -0.25) is 0 Å². The number of rotatable bonds is 8. The maximum Gasteiger partial charge on any atom is 0.143 e. The van der Waals surface area contributed by atoms with E-state index in [0.29, 0.717) is 0 Å². The minimum absolute atomic E-state index is 0.803. The maximum atomic E-state index is 6.86. The summed E-state index contributed by atoms with van der Waals surface area (Å²) < 4.78 is 13.6. The Kier molecular flexibility index (Phi) is 7.77. The van der Waals surface area contributed by atoms with Gasteiger partial charge in [0.1, 0.15) is 22.7 Å². The molecule has 0 saturated heterocycles. The molecule has 0 bridgehead atoms. The van der Waals surface area contributed by atoms with Crippen LogP contribution < -0.4 is 10.2 Å². The third kappa shape index (κ3) is 5.76. The highest BCUT2D eigenvalue weighted by Gasteiger charge is 2.20. The van der Waals surface area contributed by atoms with Gasteiger partial charge in [-0.15, -0.1) is 0 Å². The van der Waals surface area contributed by atoms with Crippen LogP contribution in [0.15, 0.2) is 209 Å². The number of benzene rings is 8. The second-order valence-corrected chi connectivity index (χ2v) is 13.5. The fourth-order valence-corrected chi connectivity index (χ4v) is 7.41. The van der Waals surface area contributed by atoms with Crippen molar-refractivity contribution >= 4 is 61.1 Å². The van der Waals surface area contributed by atoms with E-state index in [4.69, 9.17) is 8.83 Å². The van der Waals surface area contributed by atoms with Gasteiger partial charge >= 0.3 is 0 Å². The molecule has 0 amide bonds. The van der Waals surface area contributed by atoms with E-state index < -0.39 is 0 Å². The highest BCUT2D eigenvalue weighted by molar-refractivity contribution is 6.21. The zero-order valence-electron chi connectivity index (χ0n) is 29.3. The molecule has 0 unspecified atom stereocenters. The summed E-state index contributed by atoms with van der Waals surface area (Å²) in [5.74, 6) is 1.63. The lowest BCUT2D eigenvalue weighted by Crippen LogP contribution is -2.09. The van der Waals surface area contributed by atoms with Gasteiger partial charge in [0.05, 0.1) is 0 Å². The minimum atomic E-state index is 0.803. The van der Waals surface area contributed by atoms with Crippen LogP contribution >= 0.6 is 0 Å². The molecule has 10 rings (SSSR count). The number of para-hydroxylation sites is 3. The van der Waals surface area contributed by atoms with Crippen LogP contribution in [0, 0.1) is 0 Å². The van der Waals surface area contributed by atoms with E-state index in [1.165, 1.54) is 0 Å². The molecule has 0 aliphatic heterocycles. The Balaban J connectivity index is 1.08. The van der Waals surface area contributed by atoms with Crippen molar-refractivity contribution in [2.45, 2.75) is 0 Å². The van der Waals surface area contributed by atoms with Gasteiger partial charge in [-0.2, -0.15) is 0 Å². The van der Waals surface area contributed by atoms with E-state index in [2.05, 4.69) is 174 Å². The summed E-state index contributed by atoms with van der Waals surface area (Å²) in [6.07, 6.45) is 0. The number of nitrogens with zero attached hydrogens (tertiary/aromatic N) is 1. The van der Waals surface area contributed by atoms with Crippen LogP contribution in [0.5, 0.6) is 0 Å². The van der Waals surface area contributed by atoms with Crippen molar-refractivity contribution in [2.75, 3.05) is 10.2 Å². The van der Waals surface area contributed by atoms with E-state index in [0.717, 1.165) is 94.9 Å². The van der Waals surface area contributed by atoms with E-state index >= 15 is 0 Å². The zero-order chi connectivity index (χ0) is 35.8. The van der Waals surface area contributed by atoms with Crippen molar-refractivity contribution < 1.29 is 8.83 Å². The smallest absolute Gasteiger partial charge is 0.143 e. The number of anilines is 5. The minimum Gasteiger partial charge on any atom is -0.455 e. The van der Waals surface area contributed by atoms with E-state index in [1.54, 1.807) is 0 Å². The predicted octanol–water partition coefficient (Wildman–Crippen LogP) is 14.5. The average molecular weight is 695 g/mol. The van der Waals surface area contributed by atoms with Crippen LogP contribution in [-0.4, -0.2) is 0 Å². The lowest BCUT2D eigenvalue weighted by atomic mass is 9.96. The Morgan fingerprint density at radius 2 is 0.870 bits per heavy atom. The summed E-state index contributed by atoms with van der Waals surface area (Å²) >= 11 is 0. The van der Waals surface area contributed by atoms with Gasteiger partial charge in [0.25, 0.3) is 0 Å². The first-order valence-electron chi connectivity index (χ1n) is 18.2. The molecule has 2 aromatic heterocycles. The molecule has 0 aliphatic carbocycles. The summed E-state index contributed by atoms with van der Waals surface area (Å²) in [4.78, 5) is 2.27. The number of nitrogens with one attached hydrogen (secondary N) is 1. The molecule has 4 nitrogen and oxygen atoms in total. The van der Waals surface area contributed by atoms with Crippen molar-refractivity contribution in [1.82, 2.24) is 0 Å². The third-order valence-corrected chi connectivity index (χ3v) is 10.0. The summed E-state index contributed by atoms with van der Waals surface area (Å²) in [7, 11) is 0. The molecule has 4 heteroatoms. The average Bonchev–Trinajstić information content (AvgIpc) is 3.89. The van der Waals surface area contributed by atoms with Crippen LogP contribution in [-0.2, 0) is 0 Å². The van der Waals surface area contributed by atoms with E-state index in [9.17, 15) is 0 Å². The lowest BCUT2D eigenvalue weighted by molar-refractivity contribution is 0.631. The fourth-order valence-electron chi connectivity index (χ4n) is 7.41. The largest absolute Gasteiger partial charge is 0.455 e. The van der Waals surface area contributed by atoms with Crippen LogP contribution in [0.3, 0.4) is 0 Å². The van der Waals surface area contributed by atoms with Crippen LogP contribution in [0.1, 0.15) is 0 Å². The highest BCUT2D eigenvalue weighted by Crippen LogP contribution is 2.44. The van der Waals surface area contributed by atoms with Crippen LogP contribution in [0.2, 0.25) is 0 Å². The predicted molar refractivity (Wildman–Crippen MR) is 224 cm³/mol. The van der Waals surface area contributed by atoms with Gasteiger partial charge in [-0.25, -0.2) is 0 Å². The molecule has 2 heterocycles. The third-order valence-electron chi connectivity index (χ3n) is 10.0. The second kappa shape index (κ2) is 13.4. The molecule has 0 spiro atoms. The lowest BCUT2D eigenvalue weighted by Gasteiger charge is -2.25. The van der Waals surface area contributed by atoms with Crippen LogP contribution in [0.25, 0.3) is 66.5 Å². The molecule has 54 heavy (non-hydrogen) atoms. The van der Waals surface area contributed by atoms with E-state index in [1.807, 2.05) is 36.4 Å². The first kappa shape index (κ1) is 31.4. The molecule has 0 saturated carbocycles. The van der Waals surface area contributed by atoms with Crippen molar-refractivity contribution in [2.24, 2.45) is 0 Å². The van der Waals surface area contributed by atoms with Gasteiger partial charge < -0.3 is 19.1 Å². The summed E-state index contributed by atoms with van der Waals surface area (Å²) in [6.45, 7) is 0. The summed E-state index contributed by atoms with van der Waals surface area (Å²) in [5, 5.41) is 7.68. The quantitative estimate of drug-likeness (QED) is 0.172. The Hall–Kier alpha value is -7.30. The molecule has 0 atom stereocenters. The molecule has 0 radical (unpaired) electrons. The van der Waals surface area contributed by atoms with Gasteiger partial charge in [-0.1, -0.05) is 97.1 Å². The summed E-state index contributed by atoms with van der Waals surface area (Å²) in [6, 6.07) is 69.5. The number of hydrogen-bond donors (Lipinski definition) is 1. The second-order valence-electron chi connectivity index (χ2n) is 13.5. The van der Waals surface area contributed by atoms with Crippen molar-refractivity contribution in [3.63, 3.8) is 0 Å². The maximum absolute atomic E-state index is 6.86. The molecule has 1 N–H and O–H groups in total. The van der Waals surface area contributed by atoms with Crippen molar-refractivity contribution in [3.8, 4) is 33.8 Å². The Morgan fingerprint density at radius 3 is 1.52 bits per heavy atom. The molecular formula is C50H34N2O2. The van der Waals surface area contributed by atoms with Gasteiger partial charge in [0.2, 0.25) is 0 Å². The topological polar surface area (TPSA) is 41.6 Å². The number of furan rings is 2. The van der Waals surface area contributed by atoms with Crippen molar-refractivity contribution in [1.29, 1.82) is 0 Å². The molecule has 10 aromatic rings. The number of fused-ring (bicyclic) bond motifs is 5. The Bertz CT molecular complexity index is 2820. The summed E-state index contributed by atoms with van der Waals surface area (Å²) in [5.41, 5.74) is 11.2. The first-order chi connectivity index (χ1) is 26.7. The Labute approximate surface area is 313 Å². The standard InChI is InChI=1S/C50H34N2O2/c1-5-13-34(14-6-1)44-31-37-21-22-38-32-46(35-23-27-40(28-24-35)51-39-15-7-2-8-16-39)53-49(38)48(37)45-33-47(54-50(44)45)36-25-29-43(30-26-36)52(41-17-9-3-10-18-41)42-19-11-4-12-20-42/h1-33,51H. The van der Waals surface area contributed by atoms with Crippen molar-refractivity contribution in [3.05, 3.63) is 200 Å². The van der Waals surface area contributed by atoms with Gasteiger partial charge in [0, 0.05) is 61.3 Å². The van der Waals surface area contributed by atoms with Crippen LogP contribution in [0.4, 0.5) is 28.4 Å². The normalized spacial score (nSPS) is 11.3. The Morgan fingerprint density at radius 1 is 0.370 bits per heavy atom. The van der Waals surface area contributed by atoms with Gasteiger partial charge in [-0.05, 0) is 114 Å².